The van der Waals surface area contributed by atoms with Crippen LogP contribution in [0.1, 0.15) is 65.2 Å². The summed E-state index contributed by atoms with van der Waals surface area (Å²) in [6, 6.07) is 0. The van der Waals surface area contributed by atoms with Crippen LogP contribution >= 0.6 is 0 Å². The minimum absolute atomic E-state index is 0.192. The third-order valence-corrected chi connectivity index (χ3v) is 2.99. The van der Waals surface area contributed by atoms with E-state index in [0.717, 1.165) is 38.4 Å². The lowest BCUT2D eigenvalue weighted by atomic mass is 10.0. The van der Waals surface area contributed by atoms with Crippen LogP contribution in [0.25, 0.3) is 0 Å². The Morgan fingerprint density at radius 3 is 1.95 bits per heavy atom. The van der Waals surface area contributed by atoms with Crippen LogP contribution in [-0.2, 0) is 14.4 Å². The first-order valence-corrected chi connectivity index (χ1v) is 7.84. The number of ketones is 1. The van der Waals surface area contributed by atoms with E-state index in [2.05, 4.69) is 5.32 Å². The van der Waals surface area contributed by atoms with Crippen molar-refractivity contribution in [1.29, 1.82) is 0 Å². The summed E-state index contributed by atoms with van der Waals surface area (Å²) in [5.74, 6) is 0.256. The van der Waals surface area contributed by atoms with Crippen molar-refractivity contribution in [3.8, 4) is 0 Å². The standard InChI is InChI=1S/C13H24O2.C3H8N2O/c1-12(2)13(15)10-8-6-4-3-5-7-9-11-14;1-5-2-3(4)6/h11-12H,3-10H2,1-2H3;5H,2H2,1H3,(H2,4,6). The molecule has 0 aliphatic heterocycles. The first-order valence-electron chi connectivity index (χ1n) is 7.84. The van der Waals surface area contributed by atoms with Crippen LogP contribution < -0.4 is 11.1 Å². The van der Waals surface area contributed by atoms with E-state index in [9.17, 15) is 14.4 Å². The molecule has 0 spiro atoms. The summed E-state index contributed by atoms with van der Waals surface area (Å²) in [6.45, 7) is 4.18. The summed E-state index contributed by atoms with van der Waals surface area (Å²) in [5, 5.41) is 2.59. The van der Waals surface area contributed by atoms with E-state index in [-0.39, 0.29) is 18.4 Å². The number of carbonyl (C=O) groups is 3. The molecule has 0 heterocycles. The van der Waals surface area contributed by atoms with Gasteiger partial charge in [-0.2, -0.15) is 0 Å². The number of aldehydes is 1. The predicted molar refractivity (Wildman–Crippen MR) is 86.0 cm³/mol. The number of carbonyl (C=O) groups excluding carboxylic acids is 3. The van der Waals surface area contributed by atoms with Crippen molar-refractivity contribution in [2.75, 3.05) is 13.6 Å². The third kappa shape index (κ3) is 21.2. The highest BCUT2D eigenvalue weighted by Gasteiger charge is 2.05. The number of hydrogen-bond donors (Lipinski definition) is 2. The Balaban J connectivity index is 0. The number of likely N-dealkylation sites (N-methyl/N-ethyl adjacent to an activating group) is 1. The second kappa shape index (κ2) is 16.8. The molecular formula is C16H32N2O3. The molecule has 0 aliphatic carbocycles. The van der Waals surface area contributed by atoms with E-state index in [4.69, 9.17) is 5.73 Å². The first-order chi connectivity index (χ1) is 9.95. The number of Topliss-reactive ketones (excluding diaryl/α,β-unsaturated/α-hetero) is 1. The summed E-state index contributed by atoms with van der Waals surface area (Å²) < 4.78 is 0. The molecule has 0 atom stereocenters. The average Bonchev–Trinajstić information content (AvgIpc) is 2.42. The summed E-state index contributed by atoms with van der Waals surface area (Å²) >= 11 is 0. The van der Waals surface area contributed by atoms with E-state index >= 15 is 0 Å². The Hall–Kier alpha value is -1.23. The zero-order chi connectivity index (χ0) is 16.5. The van der Waals surface area contributed by atoms with Crippen LogP contribution in [0, 0.1) is 5.92 Å². The second-order valence-corrected chi connectivity index (χ2v) is 5.44. The van der Waals surface area contributed by atoms with Crippen molar-refractivity contribution in [3.05, 3.63) is 0 Å². The predicted octanol–water partition coefficient (Wildman–Crippen LogP) is 2.22. The van der Waals surface area contributed by atoms with Gasteiger partial charge in [-0.15, -0.1) is 0 Å². The van der Waals surface area contributed by atoms with Crippen molar-refractivity contribution in [1.82, 2.24) is 5.32 Å². The Bertz CT molecular complexity index is 279. The Morgan fingerprint density at radius 2 is 1.57 bits per heavy atom. The van der Waals surface area contributed by atoms with Gasteiger partial charge >= 0.3 is 0 Å². The number of unbranched alkanes of at least 4 members (excludes halogenated alkanes) is 6. The zero-order valence-electron chi connectivity index (χ0n) is 13.8. The number of amides is 1. The summed E-state index contributed by atoms with van der Waals surface area (Å²) in [4.78, 5) is 31.1. The van der Waals surface area contributed by atoms with Gasteiger partial charge in [-0.25, -0.2) is 0 Å². The number of nitrogens with one attached hydrogen (secondary N) is 1. The van der Waals surface area contributed by atoms with E-state index in [0.29, 0.717) is 12.2 Å². The molecule has 21 heavy (non-hydrogen) atoms. The summed E-state index contributed by atoms with van der Waals surface area (Å²) in [5.41, 5.74) is 4.70. The van der Waals surface area contributed by atoms with Crippen molar-refractivity contribution >= 4 is 18.0 Å². The molecule has 3 N–H and O–H groups in total. The Labute approximate surface area is 129 Å². The van der Waals surface area contributed by atoms with Crippen molar-refractivity contribution in [3.63, 3.8) is 0 Å². The minimum Gasteiger partial charge on any atom is -0.369 e. The molecule has 0 aromatic rings. The lowest BCUT2D eigenvalue weighted by Crippen LogP contribution is -2.25. The average molecular weight is 300 g/mol. The Kier molecular flexibility index (Phi) is 17.7. The molecule has 0 radical (unpaired) electrons. The molecule has 0 aromatic carbocycles. The molecular weight excluding hydrogens is 268 g/mol. The van der Waals surface area contributed by atoms with Crippen LogP contribution in [0.3, 0.4) is 0 Å². The maximum Gasteiger partial charge on any atom is 0.231 e. The quantitative estimate of drug-likeness (QED) is 0.427. The monoisotopic (exact) mass is 300 g/mol. The van der Waals surface area contributed by atoms with Crippen LogP contribution in [0.2, 0.25) is 0 Å². The lowest BCUT2D eigenvalue weighted by Gasteiger charge is -2.03. The lowest BCUT2D eigenvalue weighted by molar-refractivity contribution is -0.122. The highest BCUT2D eigenvalue weighted by atomic mass is 16.1. The van der Waals surface area contributed by atoms with E-state index in [1.165, 1.54) is 12.8 Å². The molecule has 0 saturated carbocycles. The fraction of sp³-hybridized carbons (Fsp3) is 0.812. The fourth-order valence-corrected chi connectivity index (χ4v) is 1.70. The zero-order valence-corrected chi connectivity index (χ0v) is 13.8. The van der Waals surface area contributed by atoms with Crippen LogP contribution in [0.15, 0.2) is 0 Å². The maximum atomic E-state index is 11.3. The number of hydrogen-bond acceptors (Lipinski definition) is 4. The molecule has 0 aliphatic rings. The smallest absolute Gasteiger partial charge is 0.231 e. The van der Waals surface area contributed by atoms with Gasteiger partial charge < -0.3 is 15.8 Å². The summed E-state index contributed by atoms with van der Waals surface area (Å²) in [6.07, 6.45) is 9.18. The number of nitrogens with two attached hydrogens (primary N) is 1. The molecule has 0 aromatic heterocycles. The largest absolute Gasteiger partial charge is 0.369 e. The number of rotatable bonds is 12. The topological polar surface area (TPSA) is 89.3 Å². The molecule has 1 amide bonds. The van der Waals surface area contributed by atoms with Gasteiger partial charge in [0.05, 0.1) is 6.54 Å². The van der Waals surface area contributed by atoms with Crippen molar-refractivity contribution in [2.45, 2.75) is 65.2 Å². The molecule has 5 nitrogen and oxygen atoms in total. The van der Waals surface area contributed by atoms with Crippen LogP contribution in [-0.4, -0.2) is 31.6 Å². The normalized spacial score (nSPS) is 9.90. The first kappa shape index (κ1) is 22.1. The van der Waals surface area contributed by atoms with E-state index in [1.807, 2.05) is 13.8 Å². The molecule has 0 unspecified atom stereocenters. The maximum absolute atomic E-state index is 11.3. The molecule has 0 bridgehead atoms. The number of primary amides is 1. The van der Waals surface area contributed by atoms with Gasteiger partial charge in [0, 0.05) is 18.8 Å². The van der Waals surface area contributed by atoms with Gasteiger partial charge in [-0.1, -0.05) is 39.5 Å². The van der Waals surface area contributed by atoms with Gasteiger partial charge in [0.2, 0.25) is 5.91 Å². The van der Waals surface area contributed by atoms with Crippen molar-refractivity contribution < 1.29 is 14.4 Å². The van der Waals surface area contributed by atoms with Gasteiger partial charge in [-0.05, 0) is 19.9 Å². The van der Waals surface area contributed by atoms with Gasteiger partial charge in [0.25, 0.3) is 0 Å². The van der Waals surface area contributed by atoms with Gasteiger partial charge in [-0.3, -0.25) is 9.59 Å². The third-order valence-electron chi connectivity index (χ3n) is 2.99. The van der Waals surface area contributed by atoms with E-state index < -0.39 is 0 Å². The summed E-state index contributed by atoms with van der Waals surface area (Å²) in [7, 11) is 1.67. The molecule has 124 valence electrons. The van der Waals surface area contributed by atoms with E-state index in [1.54, 1.807) is 7.05 Å². The molecule has 5 heteroatoms. The molecule has 0 saturated heterocycles. The minimum atomic E-state index is -0.322. The SMILES string of the molecule is CC(C)C(=O)CCCCCCCCC=O.CNCC(N)=O. The highest BCUT2D eigenvalue weighted by Crippen LogP contribution is 2.10. The van der Waals surface area contributed by atoms with Gasteiger partial charge in [0.15, 0.2) is 0 Å². The fourth-order valence-electron chi connectivity index (χ4n) is 1.70. The molecule has 0 rings (SSSR count). The van der Waals surface area contributed by atoms with Crippen LogP contribution in [0.5, 0.6) is 0 Å². The Morgan fingerprint density at radius 1 is 1.05 bits per heavy atom. The van der Waals surface area contributed by atoms with Gasteiger partial charge in [0.1, 0.15) is 12.1 Å². The van der Waals surface area contributed by atoms with Crippen LogP contribution in [0.4, 0.5) is 0 Å². The molecule has 0 fully saturated rings. The highest BCUT2D eigenvalue weighted by molar-refractivity contribution is 5.80. The second-order valence-electron chi connectivity index (χ2n) is 5.44. The van der Waals surface area contributed by atoms with Crippen molar-refractivity contribution in [2.24, 2.45) is 11.7 Å².